The number of nitrogens with zero attached hydrogens (tertiary/aromatic N) is 5. The Balaban J connectivity index is 1.34. The first-order chi connectivity index (χ1) is 23.5. The van der Waals surface area contributed by atoms with Gasteiger partial charge in [-0.15, -0.1) is 5.10 Å². The first-order valence-electron chi connectivity index (χ1n) is 16.0. The molecule has 3 aromatic carbocycles. The number of carboxylic acids is 1. The Morgan fingerprint density at radius 2 is 1.94 bits per heavy atom. The number of fused-ring (bicyclic) bond motifs is 10. The lowest BCUT2D eigenvalue weighted by molar-refractivity contribution is -0.136. The predicted molar refractivity (Wildman–Crippen MR) is 176 cm³/mol. The largest absolute Gasteiger partial charge is 0.481 e. The number of hydrogen-bond donors (Lipinski definition) is 3. The maximum Gasteiger partial charge on any atom is 0.303 e. The van der Waals surface area contributed by atoms with E-state index >= 15 is 8.78 Å². The molecule has 1 aliphatic heterocycles. The van der Waals surface area contributed by atoms with Crippen molar-refractivity contribution in [3.63, 3.8) is 0 Å². The predicted octanol–water partition coefficient (Wildman–Crippen LogP) is 7.03. The van der Waals surface area contributed by atoms with E-state index in [1.807, 2.05) is 51.1 Å². The van der Waals surface area contributed by atoms with Crippen LogP contribution in [0, 0.1) is 11.6 Å². The maximum atomic E-state index is 15.7. The molecular weight excluding hydrogens is 632 g/mol. The topological polar surface area (TPSA) is 144 Å². The number of aromatic amines is 2. The number of halogens is 2. The van der Waals surface area contributed by atoms with Gasteiger partial charge in [0.15, 0.2) is 17.4 Å². The number of hydrogen-bond acceptors (Lipinski definition) is 7. The Bertz CT molecular complexity index is 2170. The Kier molecular flexibility index (Phi) is 8.23. The molecule has 7 rings (SSSR count). The summed E-state index contributed by atoms with van der Waals surface area (Å²) in [5, 5.41) is 26.2. The van der Waals surface area contributed by atoms with E-state index in [0.29, 0.717) is 48.5 Å². The number of ether oxygens (including phenoxy) is 2. The van der Waals surface area contributed by atoms with Crippen molar-refractivity contribution in [1.82, 2.24) is 35.2 Å². The molecule has 0 aliphatic carbocycles. The number of carboxylic acid groups (broad SMARTS) is 1. The molecule has 3 N–H and O–H groups in total. The number of carbonyl (C=O) groups is 1. The van der Waals surface area contributed by atoms with Gasteiger partial charge in [0.25, 0.3) is 0 Å². The minimum absolute atomic E-state index is 0.00227. The summed E-state index contributed by atoms with van der Waals surface area (Å²) >= 11 is 0. The molecule has 1 atom stereocenters. The van der Waals surface area contributed by atoms with E-state index in [1.54, 1.807) is 17.1 Å². The number of benzene rings is 3. The summed E-state index contributed by atoms with van der Waals surface area (Å²) in [6, 6.07) is 15.1. The molecule has 0 spiro atoms. The van der Waals surface area contributed by atoms with Crippen LogP contribution in [0.5, 0.6) is 11.5 Å². The number of H-pyrrole nitrogens is 2. The van der Waals surface area contributed by atoms with Crippen molar-refractivity contribution in [2.45, 2.75) is 64.0 Å². The number of rotatable bonds is 4. The van der Waals surface area contributed by atoms with Gasteiger partial charge in [0.1, 0.15) is 28.7 Å². The molecule has 0 saturated heterocycles. The van der Waals surface area contributed by atoms with E-state index in [1.165, 1.54) is 24.3 Å². The molecule has 6 bridgehead atoms. The summed E-state index contributed by atoms with van der Waals surface area (Å²) in [6.07, 6.45) is 5.05. The van der Waals surface area contributed by atoms with Gasteiger partial charge >= 0.3 is 5.97 Å². The monoisotopic (exact) mass is 667 g/mol. The Morgan fingerprint density at radius 1 is 1.08 bits per heavy atom. The number of aryl methyl sites for hydroxylation is 1. The highest BCUT2D eigenvalue weighted by molar-refractivity contribution is 5.85. The molecule has 0 radical (unpaired) electrons. The van der Waals surface area contributed by atoms with Gasteiger partial charge in [0.05, 0.1) is 23.7 Å². The zero-order chi connectivity index (χ0) is 34.3. The van der Waals surface area contributed by atoms with Crippen molar-refractivity contribution in [1.29, 1.82) is 0 Å². The fraction of sp³-hybridized carbons (Fsp3) is 0.306. The van der Waals surface area contributed by atoms with Crippen molar-refractivity contribution in [2.24, 2.45) is 0 Å². The second-order valence-corrected chi connectivity index (χ2v) is 13.0. The highest BCUT2D eigenvalue weighted by atomic mass is 19.1. The van der Waals surface area contributed by atoms with Crippen molar-refractivity contribution in [2.75, 3.05) is 6.61 Å². The van der Waals surface area contributed by atoms with E-state index < -0.39 is 28.6 Å². The van der Waals surface area contributed by atoms with Crippen LogP contribution in [0.2, 0.25) is 0 Å². The lowest BCUT2D eigenvalue weighted by atomic mass is 9.77. The smallest absolute Gasteiger partial charge is 0.303 e. The molecule has 0 amide bonds. The van der Waals surface area contributed by atoms with Gasteiger partial charge in [-0.2, -0.15) is 5.10 Å². The average Bonchev–Trinajstić information content (AvgIpc) is 3.86. The average molecular weight is 668 g/mol. The van der Waals surface area contributed by atoms with E-state index in [-0.39, 0.29) is 35.9 Å². The molecule has 4 heterocycles. The standard InChI is InChI=1S/C36H35F2N7O4/c1-35(2)30-20-45(44-41-30)19-26-24-12-14-39-29(24)18-28(38)32(26)49-23-9-10-27(37)25(17-23)33-40-34(43-42-33)36(3,13-5-15-48-35)22-7-4-6-21(16-22)8-11-31(46)47/h4,6-7,9-10,12,14,16-18,20,39H,5,8,11,13,15,19H2,1-3H3,(H,46,47)(H,40,42,43). The van der Waals surface area contributed by atoms with Gasteiger partial charge < -0.3 is 19.6 Å². The molecule has 11 nitrogen and oxygen atoms in total. The van der Waals surface area contributed by atoms with Crippen molar-refractivity contribution in [3.05, 3.63) is 107 Å². The third-order valence-corrected chi connectivity index (χ3v) is 9.22. The molecule has 13 heteroatoms. The van der Waals surface area contributed by atoms with Crippen LogP contribution in [-0.4, -0.2) is 52.8 Å². The van der Waals surface area contributed by atoms with E-state index in [9.17, 15) is 9.90 Å². The van der Waals surface area contributed by atoms with Crippen LogP contribution in [0.15, 0.2) is 67.0 Å². The number of aliphatic carboxylic acids is 1. The Morgan fingerprint density at radius 3 is 2.78 bits per heavy atom. The summed E-state index contributed by atoms with van der Waals surface area (Å²) in [4.78, 5) is 19.1. The Labute approximate surface area is 280 Å². The van der Waals surface area contributed by atoms with Gasteiger partial charge in [0.2, 0.25) is 0 Å². The first kappa shape index (κ1) is 32.1. The second-order valence-electron chi connectivity index (χ2n) is 13.0. The third-order valence-electron chi connectivity index (χ3n) is 9.22. The van der Waals surface area contributed by atoms with E-state index in [0.717, 1.165) is 16.5 Å². The van der Waals surface area contributed by atoms with Gasteiger partial charge in [-0.25, -0.2) is 18.4 Å². The SMILES string of the molecule is CC1(C)OCCCC(C)(c2cccc(CCC(=O)O)c2)c2nc(n[nH]2)-c2cc(ccc2F)Oc2c(F)cc3[nH]ccc3c2Cn2cc1nn2. The van der Waals surface area contributed by atoms with Crippen molar-refractivity contribution < 1.29 is 28.2 Å². The molecule has 252 valence electrons. The first-order valence-corrected chi connectivity index (χ1v) is 16.0. The summed E-state index contributed by atoms with van der Waals surface area (Å²) in [6.45, 7) is 6.37. The zero-order valence-corrected chi connectivity index (χ0v) is 27.3. The Hall–Kier alpha value is -5.43. The van der Waals surface area contributed by atoms with Crippen LogP contribution < -0.4 is 4.74 Å². The minimum Gasteiger partial charge on any atom is -0.481 e. The van der Waals surface area contributed by atoms with Crippen LogP contribution in [-0.2, 0) is 33.5 Å². The lowest BCUT2D eigenvalue weighted by Gasteiger charge is -2.29. The van der Waals surface area contributed by atoms with Crippen LogP contribution >= 0.6 is 0 Å². The molecule has 6 aromatic rings. The van der Waals surface area contributed by atoms with Crippen LogP contribution in [0.25, 0.3) is 22.3 Å². The fourth-order valence-corrected chi connectivity index (χ4v) is 6.34. The van der Waals surface area contributed by atoms with E-state index in [4.69, 9.17) is 14.5 Å². The normalized spacial score (nSPS) is 17.8. The van der Waals surface area contributed by atoms with Gasteiger partial charge in [-0.1, -0.05) is 29.5 Å². The fourth-order valence-electron chi connectivity index (χ4n) is 6.34. The summed E-state index contributed by atoms with van der Waals surface area (Å²) < 4.78 is 45.3. The highest BCUT2D eigenvalue weighted by Gasteiger charge is 2.34. The van der Waals surface area contributed by atoms with Crippen LogP contribution in [0.4, 0.5) is 8.78 Å². The molecule has 0 saturated carbocycles. The number of nitrogens with one attached hydrogen (secondary N) is 2. The molecule has 0 fully saturated rings. The zero-order valence-electron chi connectivity index (χ0n) is 27.3. The van der Waals surface area contributed by atoms with Gasteiger partial charge in [-0.3, -0.25) is 9.89 Å². The quantitative estimate of drug-likeness (QED) is 0.182. The molecule has 1 aliphatic rings. The van der Waals surface area contributed by atoms with Crippen LogP contribution in [0.3, 0.4) is 0 Å². The summed E-state index contributed by atoms with van der Waals surface area (Å²) in [5.74, 6) is -1.28. The van der Waals surface area contributed by atoms with Gasteiger partial charge in [-0.05, 0) is 75.4 Å². The van der Waals surface area contributed by atoms with Crippen LogP contribution in [0.1, 0.15) is 68.2 Å². The summed E-state index contributed by atoms with van der Waals surface area (Å²) in [7, 11) is 0. The molecule has 49 heavy (non-hydrogen) atoms. The lowest BCUT2D eigenvalue weighted by Crippen LogP contribution is -2.28. The van der Waals surface area contributed by atoms with Crippen molar-refractivity contribution >= 4 is 16.9 Å². The molecular formula is C36H35F2N7O4. The number of aromatic nitrogens is 7. The summed E-state index contributed by atoms with van der Waals surface area (Å²) in [5.41, 5.74) is 2.03. The van der Waals surface area contributed by atoms with Crippen molar-refractivity contribution in [3.8, 4) is 22.9 Å². The van der Waals surface area contributed by atoms with E-state index in [2.05, 4.69) is 25.5 Å². The highest BCUT2D eigenvalue weighted by Crippen LogP contribution is 2.39. The maximum absolute atomic E-state index is 15.7. The second kappa shape index (κ2) is 12.5. The molecule has 3 aromatic heterocycles. The third kappa shape index (κ3) is 6.29. The molecule has 1 unspecified atom stereocenters. The van der Waals surface area contributed by atoms with Gasteiger partial charge in [0, 0.05) is 41.8 Å². The minimum atomic E-state index is -0.875.